The lowest BCUT2D eigenvalue weighted by Crippen LogP contribution is -2.21. The van der Waals surface area contributed by atoms with E-state index in [4.69, 9.17) is 4.74 Å². The summed E-state index contributed by atoms with van der Waals surface area (Å²) in [6.07, 6.45) is 0. The second-order valence-electron chi connectivity index (χ2n) is 6.83. The lowest BCUT2D eigenvalue weighted by Gasteiger charge is -2.14. The van der Waals surface area contributed by atoms with Crippen LogP contribution in [0.1, 0.15) is 26.3 Å². The molecular formula is C23H23N3O5S. The van der Waals surface area contributed by atoms with E-state index in [-0.39, 0.29) is 22.1 Å². The molecule has 0 aliphatic heterocycles. The molecule has 3 aromatic rings. The third-order valence-corrected chi connectivity index (χ3v) is 6.28. The molecule has 0 radical (unpaired) electrons. The van der Waals surface area contributed by atoms with E-state index < -0.39 is 15.9 Å². The number of amides is 2. The average molecular weight is 454 g/mol. The van der Waals surface area contributed by atoms with Crippen LogP contribution in [0, 0.1) is 6.92 Å². The zero-order chi connectivity index (χ0) is 23.3. The molecule has 0 aromatic heterocycles. The molecule has 3 aromatic carbocycles. The summed E-state index contributed by atoms with van der Waals surface area (Å²) in [4.78, 5) is 25.4. The maximum atomic E-state index is 12.8. The Balaban J connectivity index is 1.87. The fourth-order valence-electron chi connectivity index (χ4n) is 3.07. The molecule has 9 heteroatoms. The van der Waals surface area contributed by atoms with Crippen molar-refractivity contribution in [2.75, 3.05) is 24.8 Å². The van der Waals surface area contributed by atoms with Gasteiger partial charge in [-0.2, -0.15) is 0 Å². The van der Waals surface area contributed by atoms with Crippen LogP contribution in [0.2, 0.25) is 0 Å². The van der Waals surface area contributed by atoms with Gasteiger partial charge in [0.05, 0.1) is 7.11 Å². The van der Waals surface area contributed by atoms with Gasteiger partial charge in [-0.25, -0.2) is 13.1 Å². The van der Waals surface area contributed by atoms with Crippen molar-refractivity contribution in [1.82, 2.24) is 4.72 Å². The minimum Gasteiger partial charge on any atom is -0.495 e. The van der Waals surface area contributed by atoms with Crippen molar-refractivity contribution >= 4 is 33.2 Å². The number of hydrogen-bond acceptors (Lipinski definition) is 5. The van der Waals surface area contributed by atoms with Crippen LogP contribution in [-0.2, 0) is 10.0 Å². The fourth-order valence-corrected chi connectivity index (χ4v) is 3.99. The molecule has 8 nitrogen and oxygen atoms in total. The van der Waals surface area contributed by atoms with Gasteiger partial charge in [-0.15, -0.1) is 0 Å². The molecule has 32 heavy (non-hydrogen) atoms. The first kappa shape index (κ1) is 23.0. The zero-order valence-electron chi connectivity index (χ0n) is 17.8. The van der Waals surface area contributed by atoms with Crippen LogP contribution in [0.4, 0.5) is 11.4 Å². The quantitative estimate of drug-likeness (QED) is 0.507. The molecule has 166 valence electrons. The van der Waals surface area contributed by atoms with E-state index in [1.807, 2.05) is 18.2 Å². The van der Waals surface area contributed by atoms with Crippen LogP contribution in [-0.4, -0.2) is 34.4 Å². The summed E-state index contributed by atoms with van der Waals surface area (Å²) in [5.74, 6) is -0.716. The molecule has 0 unspecified atom stereocenters. The topological polar surface area (TPSA) is 114 Å². The zero-order valence-corrected chi connectivity index (χ0v) is 18.6. The molecular weight excluding hydrogens is 430 g/mol. The Labute approximate surface area is 186 Å². The molecule has 0 aliphatic rings. The average Bonchev–Trinajstić information content (AvgIpc) is 2.80. The molecule has 3 rings (SSSR count). The number of nitrogens with one attached hydrogen (secondary N) is 3. The lowest BCUT2D eigenvalue weighted by molar-refractivity contribution is 0.101. The second-order valence-corrected chi connectivity index (χ2v) is 8.68. The summed E-state index contributed by atoms with van der Waals surface area (Å²) in [5, 5.41) is 5.56. The number of sulfonamides is 1. The number of carbonyl (C=O) groups is 2. The van der Waals surface area contributed by atoms with E-state index in [0.717, 1.165) is 0 Å². The van der Waals surface area contributed by atoms with Crippen molar-refractivity contribution < 1.29 is 22.7 Å². The number of anilines is 2. The molecule has 0 heterocycles. The first-order valence-corrected chi connectivity index (χ1v) is 11.1. The Morgan fingerprint density at radius 3 is 2.25 bits per heavy atom. The largest absolute Gasteiger partial charge is 0.495 e. The summed E-state index contributed by atoms with van der Waals surface area (Å²) in [7, 11) is -1.21. The van der Waals surface area contributed by atoms with Crippen molar-refractivity contribution in [2.45, 2.75) is 11.8 Å². The molecule has 0 saturated carbocycles. The summed E-state index contributed by atoms with van der Waals surface area (Å²) in [5.41, 5.74) is 2.19. The van der Waals surface area contributed by atoms with Crippen LogP contribution >= 0.6 is 0 Å². The van der Waals surface area contributed by atoms with E-state index in [0.29, 0.717) is 22.5 Å². The normalized spacial score (nSPS) is 11.0. The highest BCUT2D eigenvalue weighted by molar-refractivity contribution is 7.89. The Bertz CT molecular complexity index is 1260. The van der Waals surface area contributed by atoms with Crippen LogP contribution < -0.4 is 20.1 Å². The van der Waals surface area contributed by atoms with E-state index in [9.17, 15) is 18.0 Å². The van der Waals surface area contributed by atoms with Gasteiger partial charge in [0, 0.05) is 22.5 Å². The van der Waals surface area contributed by atoms with Gasteiger partial charge >= 0.3 is 0 Å². The maximum Gasteiger partial charge on any atom is 0.256 e. The second kappa shape index (κ2) is 9.63. The highest BCUT2D eigenvalue weighted by atomic mass is 32.2. The maximum absolute atomic E-state index is 12.8. The van der Waals surface area contributed by atoms with Crippen molar-refractivity contribution in [3.63, 3.8) is 0 Å². The smallest absolute Gasteiger partial charge is 0.256 e. The summed E-state index contributed by atoms with van der Waals surface area (Å²) in [6, 6.07) is 18.1. The first-order chi connectivity index (χ1) is 15.3. The monoisotopic (exact) mass is 453 g/mol. The van der Waals surface area contributed by atoms with E-state index in [1.165, 1.54) is 32.4 Å². The Hall–Kier alpha value is -3.69. The van der Waals surface area contributed by atoms with E-state index in [1.54, 1.807) is 37.3 Å². The molecule has 0 spiro atoms. The number of carbonyl (C=O) groups excluding carboxylic acids is 2. The van der Waals surface area contributed by atoms with Gasteiger partial charge < -0.3 is 15.4 Å². The summed E-state index contributed by atoms with van der Waals surface area (Å²) >= 11 is 0. The Morgan fingerprint density at radius 2 is 1.59 bits per heavy atom. The van der Waals surface area contributed by atoms with Crippen molar-refractivity contribution in [2.24, 2.45) is 0 Å². The fraction of sp³-hybridized carbons (Fsp3) is 0.130. The molecule has 0 fully saturated rings. The molecule has 0 aliphatic carbocycles. The molecule has 3 N–H and O–H groups in total. The number of ether oxygens (including phenoxy) is 1. The third-order valence-electron chi connectivity index (χ3n) is 4.84. The standard InChI is InChI=1S/C23H23N3O5S/c1-15-18(23(28)25-17-8-5-4-6-9-17)10-7-11-19(15)26-22(27)16-12-13-20(31-3)21(14-16)32(29,30)24-2/h4-14,24H,1-3H3,(H,25,28)(H,26,27). The molecule has 0 bridgehead atoms. The van der Waals surface area contributed by atoms with Crippen molar-refractivity contribution in [3.05, 3.63) is 83.4 Å². The number of benzene rings is 3. The van der Waals surface area contributed by atoms with Crippen LogP contribution in [0.3, 0.4) is 0 Å². The molecule has 2 amide bonds. The predicted molar refractivity (Wildman–Crippen MR) is 123 cm³/mol. The first-order valence-electron chi connectivity index (χ1n) is 9.65. The molecule has 0 saturated heterocycles. The van der Waals surface area contributed by atoms with Gasteiger partial charge in [0.25, 0.3) is 11.8 Å². The third kappa shape index (κ3) is 4.96. The summed E-state index contributed by atoms with van der Waals surface area (Å²) < 4.78 is 31.9. The van der Waals surface area contributed by atoms with Crippen molar-refractivity contribution in [1.29, 1.82) is 0 Å². The van der Waals surface area contributed by atoms with Crippen LogP contribution in [0.15, 0.2) is 71.6 Å². The van der Waals surface area contributed by atoms with Crippen molar-refractivity contribution in [3.8, 4) is 5.75 Å². The SMILES string of the molecule is CNS(=O)(=O)c1cc(C(=O)Nc2cccc(C(=O)Nc3ccccc3)c2C)ccc1OC. The minimum absolute atomic E-state index is 0.117. The van der Waals surface area contributed by atoms with E-state index in [2.05, 4.69) is 15.4 Å². The van der Waals surface area contributed by atoms with E-state index >= 15 is 0 Å². The van der Waals surface area contributed by atoms with Gasteiger partial charge in [-0.3, -0.25) is 9.59 Å². The molecule has 0 atom stereocenters. The van der Waals surface area contributed by atoms with Gasteiger partial charge in [-0.05, 0) is 62.0 Å². The van der Waals surface area contributed by atoms with Crippen LogP contribution in [0.5, 0.6) is 5.75 Å². The summed E-state index contributed by atoms with van der Waals surface area (Å²) in [6.45, 7) is 1.72. The minimum atomic E-state index is -3.83. The predicted octanol–water partition coefficient (Wildman–Crippen LogP) is 3.42. The Kier molecular flexibility index (Phi) is 6.92. The highest BCUT2D eigenvalue weighted by Gasteiger charge is 2.21. The Morgan fingerprint density at radius 1 is 0.875 bits per heavy atom. The van der Waals surface area contributed by atoms with Crippen LogP contribution in [0.25, 0.3) is 0 Å². The number of para-hydroxylation sites is 1. The lowest BCUT2D eigenvalue weighted by atomic mass is 10.1. The van der Waals surface area contributed by atoms with Gasteiger partial charge in [0.15, 0.2) is 0 Å². The number of rotatable bonds is 7. The number of methoxy groups -OCH3 is 1. The van der Waals surface area contributed by atoms with Gasteiger partial charge in [0.1, 0.15) is 10.6 Å². The van der Waals surface area contributed by atoms with Gasteiger partial charge in [0.2, 0.25) is 10.0 Å². The van der Waals surface area contributed by atoms with Gasteiger partial charge in [-0.1, -0.05) is 24.3 Å². The number of hydrogen-bond donors (Lipinski definition) is 3. The highest BCUT2D eigenvalue weighted by Crippen LogP contribution is 2.26.